The van der Waals surface area contributed by atoms with E-state index in [0.29, 0.717) is 24.5 Å². The predicted octanol–water partition coefficient (Wildman–Crippen LogP) is 2.14. The Labute approximate surface area is 90.0 Å². The smallest absolute Gasteiger partial charge is 0.154 e. The average molecular weight is 208 g/mol. The Balaban J connectivity index is 2.88. The number of aldehydes is 1. The van der Waals surface area contributed by atoms with Crippen LogP contribution in [0.1, 0.15) is 21.5 Å². The SMILES string of the molecule is COCCOc1cc(C)cc(C)c1C=O. The zero-order valence-corrected chi connectivity index (χ0v) is 9.37. The first-order valence-electron chi connectivity index (χ1n) is 4.87. The summed E-state index contributed by atoms with van der Waals surface area (Å²) in [6.45, 7) is 4.86. The summed E-state index contributed by atoms with van der Waals surface area (Å²) in [6, 6.07) is 3.83. The number of methoxy groups -OCH3 is 1. The molecule has 1 rings (SSSR count). The van der Waals surface area contributed by atoms with Gasteiger partial charge in [0.05, 0.1) is 12.2 Å². The van der Waals surface area contributed by atoms with Crippen molar-refractivity contribution in [1.82, 2.24) is 0 Å². The number of carbonyl (C=O) groups is 1. The van der Waals surface area contributed by atoms with Gasteiger partial charge in [0.15, 0.2) is 6.29 Å². The van der Waals surface area contributed by atoms with Crippen molar-refractivity contribution in [2.24, 2.45) is 0 Å². The molecule has 3 heteroatoms. The van der Waals surface area contributed by atoms with Crippen LogP contribution in [-0.2, 0) is 4.74 Å². The van der Waals surface area contributed by atoms with Crippen molar-refractivity contribution in [1.29, 1.82) is 0 Å². The number of benzene rings is 1. The molecule has 0 heterocycles. The second-order valence-electron chi connectivity index (χ2n) is 3.45. The van der Waals surface area contributed by atoms with Crippen LogP contribution in [0.3, 0.4) is 0 Å². The van der Waals surface area contributed by atoms with Gasteiger partial charge in [-0.05, 0) is 31.0 Å². The topological polar surface area (TPSA) is 35.5 Å². The minimum absolute atomic E-state index is 0.459. The summed E-state index contributed by atoms with van der Waals surface area (Å²) < 4.78 is 10.4. The van der Waals surface area contributed by atoms with Gasteiger partial charge in [-0.15, -0.1) is 0 Å². The quantitative estimate of drug-likeness (QED) is 0.549. The molecule has 0 aliphatic rings. The van der Waals surface area contributed by atoms with Gasteiger partial charge >= 0.3 is 0 Å². The van der Waals surface area contributed by atoms with Gasteiger partial charge in [0, 0.05) is 7.11 Å². The van der Waals surface area contributed by atoms with Crippen LogP contribution < -0.4 is 4.74 Å². The lowest BCUT2D eigenvalue weighted by Crippen LogP contribution is -2.06. The first-order chi connectivity index (χ1) is 7.19. The highest BCUT2D eigenvalue weighted by Gasteiger charge is 2.07. The minimum Gasteiger partial charge on any atom is -0.490 e. The summed E-state index contributed by atoms with van der Waals surface area (Å²) in [5, 5.41) is 0. The van der Waals surface area contributed by atoms with Crippen molar-refractivity contribution in [3.8, 4) is 5.75 Å². The molecule has 0 aliphatic heterocycles. The second-order valence-corrected chi connectivity index (χ2v) is 3.45. The lowest BCUT2D eigenvalue weighted by Gasteiger charge is -2.10. The molecular formula is C12H16O3. The van der Waals surface area contributed by atoms with E-state index in [1.54, 1.807) is 7.11 Å². The fraction of sp³-hybridized carbons (Fsp3) is 0.417. The van der Waals surface area contributed by atoms with Gasteiger partial charge in [-0.2, -0.15) is 0 Å². The summed E-state index contributed by atoms with van der Waals surface area (Å²) in [5.74, 6) is 0.638. The van der Waals surface area contributed by atoms with Crippen molar-refractivity contribution >= 4 is 6.29 Å². The lowest BCUT2D eigenvalue weighted by molar-refractivity contribution is 0.111. The summed E-state index contributed by atoms with van der Waals surface area (Å²) >= 11 is 0. The van der Waals surface area contributed by atoms with Crippen LogP contribution in [-0.4, -0.2) is 26.6 Å². The van der Waals surface area contributed by atoms with E-state index >= 15 is 0 Å². The predicted molar refractivity (Wildman–Crippen MR) is 58.7 cm³/mol. The molecule has 0 radical (unpaired) electrons. The Kier molecular flexibility index (Phi) is 4.31. The maximum absolute atomic E-state index is 10.9. The molecule has 0 N–H and O–H groups in total. The van der Waals surface area contributed by atoms with Gasteiger partial charge in [0.2, 0.25) is 0 Å². The normalized spacial score (nSPS) is 10.1. The van der Waals surface area contributed by atoms with Crippen LogP contribution >= 0.6 is 0 Å². The van der Waals surface area contributed by atoms with Crippen molar-refractivity contribution in [3.63, 3.8) is 0 Å². The zero-order chi connectivity index (χ0) is 11.3. The molecule has 0 saturated heterocycles. The van der Waals surface area contributed by atoms with E-state index in [-0.39, 0.29) is 0 Å². The highest BCUT2D eigenvalue weighted by Crippen LogP contribution is 2.22. The fourth-order valence-corrected chi connectivity index (χ4v) is 1.45. The zero-order valence-electron chi connectivity index (χ0n) is 9.37. The molecule has 1 aromatic carbocycles. The highest BCUT2D eigenvalue weighted by molar-refractivity contribution is 5.81. The van der Waals surface area contributed by atoms with E-state index in [0.717, 1.165) is 17.4 Å². The Morgan fingerprint density at radius 1 is 1.27 bits per heavy atom. The lowest BCUT2D eigenvalue weighted by atomic mass is 10.1. The van der Waals surface area contributed by atoms with Crippen LogP contribution in [0.2, 0.25) is 0 Å². The van der Waals surface area contributed by atoms with E-state index in [4.69, 9.17) is 9.47 Å². The number of ether oxygens (including phenoxy) is 2. The first kappa shape index (κ1) is 11.7. The molecule has 3 nitrogen and oxygen atoms in total. The number of aryl methyl sites for hydroxylation is 2. The molecule has 0 amide bonds. The van der Waals surface area contributed by atoms with E-state index < -0.39 is 0 Å². The van der Waals surface area contributed by atoms with Crippen LogP contribution in [0.15, 0.2) is 12.1 Å². The van der Waals surface area contributed by atoms with Gasteiger partial charge in [-0.3, -0.25) is 4.79 Å². The third-order valence-corrected chi connectivity index (χ3v) is 2.16. The van der Waals surface area contributed by atoms with Gasteiger partial charge in [0.1, 0.15) is 12.4 Å². The summed E-state index contributed by atoms with van der Waals surface area (Å²) in [7, 11) is 1.62. The van der Waals surface area contributed by atoms with Crippen LogP contribution in [0.5, 0.6) is 5.75 Å². The largest absolute Gasteiger partial charge is 0.490 e. The molecule has 0 aliphatic carbocycles. The standard InChI is InChI=1S/C12H16O3/c1-9-6-10(2)11(8-13)12(7-9)15-5-4-14-3/h6-8H,4-5H2,1-3H3. The summed E-state index contributed by atoms with van der Waals surface area (Å²) in [4.78, 5) is 10.9. The molecule has 1 aromatic rings. The van der Waals surface area contributed by atoms with Gasteiger partial charge in [0.25, 0.3) is 0 Å². The average Bonchev–Trinajstić information content (AvgIpc) is 2.17. The fourth-order valence-electron chi connectivity index (χ4n) is 1.45. The molecule has 0 spiro atoms. The van der Waals surface area contributed by atoms with Crippen molar-refractivity contribution in [2.45, 2.75) is 13.8 Å². The Morgan fingerprint density at radius 3 is 2.60 bits per heavy atom. The Bertz CT molecular complexity index is 345. The Hall–Kier alpha value is -1.35. The van der Waals surface area contributed by atoms with Crippen molar-refractivity contribution in [3.05, 3.63) is 28.8 Å². The van der Waals surface area contributed by atoms with Gasteiger partial charge < -0.3 is 9.47 Å². The van der Waals surface area contributed by atoms with Crippen LogP contribution in [0.4, 0.5) is 0 Å². The van der Waals surface area contributed by atoms with Gasteiger partial charge in [-0.25, -0.2) is 0 Å². The maximum atomic E-state index is 10.9. The number of rotatable bonds is 5. The van der Waals surface area contributed by atoms with E-state index in [1.807, 2.05) is 26.0 Å². The van der Waals surface area contributed by atoms with Gasteiger partial charge in [-0.1, -0.05) is 6.07 Å². The van der Waals surface area contributed by atoms with Crippen LogP contribution in [0, 0.1) is 13.8 Å². The summed E-state index contributed by atoms with van der Waals surface area (Å²) in [6.07, 6.45) is 0.830. The molecular weight excluding hydrogens is 192 g/mol. The molecule has 0 bridgehead atoms. The molecule has 0 atom stereocenters. The molecule has 0 unspecified atom stereocenters. The Morgan fingerprint density at radius 2 is 2.00 bits per heavy atom. The van der Waals surface area contributed by atoms with E-state index in [1.165, 1.54) is 0 Å². The maximum Gasteiger partial charge on any atom is 0.154 e. The minimum atomic E-state index is 0.459. The number of hydrogen-bond donors (Lipinski definition) is 0. The monoisotopic (exact) mass is 208 g/mol. The van der Waals surface area contributed by atoms with Crippen molar-refractivity contribution in [2.75, 3.05) is 20.3 Å². The highest BCUT2D eigenvalue weighted by atomic mass is 16.5. The number of hydrogen-bond acceptors (Lipinski definition) is 3. The second kappa shape index (κ2) is 5.51. The van der Waals surface area contributed by atoms with Crippen LogP contribution in [0.25, 0.3) is 0 Å². The third-order valence-electron chi connectivity index (χ3n) is 2.16. The summed E-state index contributed by atoms with van der Waals surface area (Å²) in [5.41, 5.74) is 2.65. The molecule has 15 heavy (non-hydrogen) atoms. The number of carbonyl (C=O) groups excluding carboxylic acids is 1. The van der Waals surface area contributed by atoms with E-state index in [9.17, 15) is 4.79 Å². The third kappa shape index (κ3) is 3.06. The molecule has 0 saturated carbocycles. The van der Waals surface area contributed by atoms with Crippen molar-refractivity contribution < 1.29 is 14.3 Å². The molecule has 0 aromatic heterocycles. The first-order valence-corrected chi connectivity index (χ1v) is 4.87. The van der Waals surface area contributed by atoms with E-state index in [2.05, 4.69) is 0 Å². The molecule has 82 valence electrons. The molecule has 0 fully saturated rings.